The normalized spacial score (nSPS) is 11.3. The van der Waals surface area contributed by atoms with E-state index in [-0.39, 0.29) is 17.1 Å². The van der Waals surface area contributed by atoms with Gasteiger partial charge in [-0.15, -0.1) is 10.2 Å². The van der Waals surface area contributed by atoms with Crippen LogP contribution in [0.5, 0.6) is 23.1 Å². The van der Waals surface area contributed by atoms with Crippen LogP contribution >= 0.6 is 0 Å². The quantitative estimate of drug-likeness (QED) is 0.456. The first-order valence-electron chi connectivity index (χ1n) is 10.2. The van der Waals surface area contributed by atoms with Crippen molar-refractivity contribution in [2.75, 3.05) is 19.8 Å². The Morgan fingerprint density at radius 1 is 1.00 bits per heavy atom. The molecule has 0 aliphatic rings. The number of aromatic amines is 1. The molecule has 8 nitrogen and oxygen atoms in total. The summed E-state index contributed by atoms with van der Waals surface area (Å²) in [4.78, 5) is 15.7. The van der Waals surface area contributed by atoms with E-state index in [4.69, 9.17) is 14.2 Å². The van der Waals surface area contributed by atoms with Crippen LogP contribution in [0.3, 0.4) is 0 Å². The number of nitrogens with one attached hydrogen (secondary N) is 1. The van der Waals surface area contributed by atoms with Gasteiger partial charge < -0.3 is 24.3 Å². The van der Waals surface area contributed by atoms with E-state index in [1.807, 2.05) is 46.8 Å². The molecule has 0 radical (unpaired) electrons. The first kappa shape index (κ1) is 22.1. The number of aryl methyl sites for hydroxylation is 2. The SMILES string of the molecule is CCOc1cc(C(=O)N=Nc2c(O)[nH]c3c(C)c(C)ccc23)cc(OCC)c1OCC. The summed E-state index contributed by atoms with van der Waals surface area (Å²) in [5.74, 6) is 0.504. The third kappa shape index (κ3) is 4.47. The monoisotopic (exact) mass is 425 g/mol. The van der Waals surface area contributed by atoms with Gasteiger partial charge in [-0.2, -0.15) is 0 Å². The summed E-state index contributed by atoms with van der Waals surface area (Å²) < 4.78 is 16.9. The minimum Gasteiger partial charge on any atom is -0.493 e. The smallest absolute Gasteiger partial charge is 0.295 e. The number of aromatic nitrogens is 1. The fourth-order valence-corrected chi connectivity index (χ4v) is 3.25. The number of amides is 1. The lowest BCUT2D eigenvalue weighted by Crippen LogP contribution is -2.05. The Morgan fingerprint density at radius 2 is 1.61 bits per heavy atom. The molecule has 0 aliphatic carbocycles. The number of benzene rings is 2. The summed E-state index contributed by atoms with van der Waals surface area (Å²) in [6.45, 7) is 10.7. The van der Waals surface area contributed by atoms with Crippen LogP contribution in [-0.4, -0.2) is 35.8 Å². The molecule has 0 saturated carbocycles. The Bertz CT molecular complexity index is 1110. The first-order chi connectivity index (χ1) is 14.9. The molecule has 3 aromatic rings. The second kappa shape index (κ2) is 9.51. The zero-order valence-electron chi connectivity index (χ0n) is 18.4. The predicted octanol–water partition coefficient (Wildman–Crippen LogP) is 5.61. The van der Waals surface area contributed by atoms with Crippen LogP contribution in [0.15, 0.2) is 34.5 Å². The van der Waals surface area contributed by atoms with Gasteiger partial charge in [0.1, 0.15) is 0 Å². The third-order valence-corrected chi connectivity index (χ3v) is 4.86. The van der Waals surface area contributed by atoms with Gasteiger partial charge in [0.05, 0.1) is 30.9 Å². The average Bonchev–Trinajstić information content (AvgIpc) is 3.07. The summed E-state index contributed by atoms with van der Waals surface area (Å²) in [6.07, 6.45) is 0. The molecule has 1 amide bonds. The number of rotatable bonds is 8. The number of H-pyrrole nitrogens is 1. The molecule has 0 aliphatic heterocycles. The van der Waals surface area contributed by atoms with Gasteiger partial charge in [-0.25, -0.2) is 0 Å². The van der Waals surface area contributed by atoms with E-state index in [1.165, 1.54) is 0 Å². The molecular formula is C23H27N3O5. The molecule has 3 rings (SSSR count). The van der Waals surface area contributed by atoms with Crippen LogP contribution in [0.25, 0.3) is 10.9 Å². The molecule has 1 heterocycles. The van der Waals surface area contributed by atoms with E-state index in [9.17, 15) is 9.90 Å². The molecule has 164 valence electrons. The summed E-state index contributed by atoms with van der Waals surface area (Å²) in [6, 6.07) is 6.88. The highest BCUT2D eigenvalue weighted by Crippen LogP contribution is 2.40. The molecule has 2 aromatic carbocycles. The Labute approximate surface area is 180 Å². The second-order valence-electron chi connectivity index (χ2n) is 6.86. The van der Waals surface area contributed by atoms with Gasteiger partial charge in [0.2, 0.25) is 11.6 Å². The lowest BCUT2D eigenvalue weighted by molar-refractivity contribution is 0.0994. The van der Waals surface area contributed by atoms with Crippen LogP contribution in [0, 0.1) is 13.8 Å². The number of nitrogens with zero attached hydrogens (tertiary/aromatic N) is 2. The van der Waals surface area contributed by atoms with E-state index in [1.54, 1.807) is 12.1 Å². The van der Waals surface area contributed by atoms with Crippen molar-refractivity contribution in [3.05, 3.63) is 41.0 Å². The molecule has 31 heavy (non-hydrogen) atoms. The topological polar surface area (TPSA) is 106 Å². The molecule has 1 aromatic heterocycles. The van der Waals surface area contributed by atoms with Gasteiger partial charge in [-0.05, 0) is 57.9 Å². The van der Waals surface area contributed by atoms with Crippen molar-refractivity contribution in [2.24, 2.45) is 10.2 Å². The molecule has 0 atom stereocenters. The van der Waals surface area contributed by atoms with Gasteiger partial charge in [0.15, 0.2) is 17.2 Å². The molecule has 0 unspecified atom stereocenters. The van der Waals surface area contributed by atoms with E-state index in [2.05, 4.69) is 15.2 Å². The molecule has 0 saturated heterocycles. The Morgan fingerprint density at radius 3 is 2.19 bits per heavy atom. The van der Waals surface area contributed by atoms with Gasteiger partial charge in [0.25, 0.3) is 5.91 Å². The largest absolute Gasteiger partial charge is 0.493 e. The lowest BCUT2D eigenvalue weighted by atomic mass is 10.1. The average molecular weight is 425 g/mol. The number of ether oxygens (including phenoxy) is 3. The summed E-state index contributed by atoms with van der Waals surface area (Å²) >= 11 is 0. The van der Waals surface area contributed by atoms with Gasteiger partial charge in [-0.1, -0.05) is 12.1 Å². The first-order valence-corrected chi connectivity index (χ1v) is 10.2. The standard InChI is InChI=1S/C23H27N3O5/c1-6-29-17-11-15(12-18(30-7-2)21(17)31-8-3)22(27)26-25-20-16-10-9-13(4)14(5)19(16)24-23(20)28/h9-12,24,28H,6-8H2,1-5H3. The highest BCUT2D eigenvalue weighted by atomic mass is 16.5. The van der Waals surface area contributed by atoms with Crippen LogP contribution < -0.4 is 14.2 Å². The van der Waals surface area contributed by atoms with Crippen molar-refractivity contribution in [3.63, 3.8) is 0 Å². The molecule has 2 N–H and O–H groups in total. The summed E-state index contributed by atoms with van der Waals surface area (Å²) in [5.41, 5.74) is 3.29. The van der Waals surface area contributed by atoms with Crippen LogP contribution in [0.1, 0.15) is 42.3 Å². The second-order valence-corrected chi connectivity index (χ2v) is 6.86. The van der Waals surface area contributed by atoms with Gasteiger partial charge in [0, 0.05) is 5.39 Å². The molecule has 0 fully saturated rings. The maximum atomic E-state index is 12.8. The fraction of sp³-hybridized carbons (Fsp3) is 0.348. The molecular weight excluding hydrogens is 398 g/mol. The summed E-state index contributed by atoms with van der Waals surface area (Å²) in [5, 5.41) is 18.8. The van der Waals surface area contributed by atoms with Gasteiger partial charge in [-0.3, -0.25) is 4.79 Å². The molecule has 0 bridgehead atoms. The number of carbonyl (C=O) groups excluding carboxylic acids is 1. The lowest BCUT2D eigenvalue weighted by Gasteiger charge is -2.16. The van der Waals surface area contributed by atoms with Crippen molar-refractivity contribution in [2.45, 2.75) is 34.6 Å². The van der Waals surface area contributed by atoms with E-state index in [0.29, 0.717) is 42.5 Å². The number of hydrogen-bond acceptors (Lipinski definition) is 6. The van der Waals surface area contributed by atoms with Crippen molar-refractivity contribution in [1.29, 1.82) is 0 Å². The Kier molecular flexibility index (Phi) is 6.79. The predicted molar refractivity (Wildman–Crippen MR) is 118 cm³/mol. The minimum atomic E-state index is -0.595. The number of aromatic hydroxyl groups is 1. The van der Waals surface area contributed by atoms with Crippen molar-refractivity contribution in [1.82, 2.24) is 4.98 Å². The van der Waals surface area contributed by atoms with E-state index in [0.717, 1.165) is 16.6 Å². The highest BCUT2D eigenvalue weighted by molar-refractivity contribution is 5.98. The number of carbonyl (C=O) groups is 1. The van der Waals surface area contributed by atoms with E-state index < -0.39 is 5.91 Å². The zero-order valence-corrected chi connectivity index (χ0v) is 18.4. The van der Waals surface area contributed by atoms with Crippen LogP contribution in [0.4, 0.5) is 5.69 Å². The third-order valence-electron chi connectivity index (χ3n) is 4.86. The van der Waals surface area contributed by atoms with E-state index >= 15 is 0 Å². The Hall–Kier alpha value is -3.55. The number of hydrogen-bond donors (Lipinski definition) is 2. The van der Waals surface area contributed by atoms with Gasteiger partial charge >= 0.3 is 0 Å². The van der Waals surface area contributed by atoms with Crippen LogP contribution in [-0.2, 0) is 0 Å². The van der Waals surface area contributed by atoms with Crippen molar-refractivity contribution in [3.8, 4) is 23.1 Å². The minimum absolute atomic E-state index is 0.142. The molecule has 8 heteroatoms. The van der Waals surface area contributed by atoms with Crippen LogP contribution in [0.2, 0.25) is 0 Å². The zero-order chi connectivity index (χ0) is 22.5. The number of fused-ring (bicyclic) bond motifs is 1. The fourth-order valence-electron chi connectivity index (χ4n) is 3.25. The number of azo groups is 1. The van der Waals surface area contributed by atoms with Crippen molar-refractivity contribution < 1.29 is 24.1 Å². The maximum absolute atomic E-state index is 12.8. The molecule has 0 spiro atoms. The Balaban J connectivity index is 2.00. The maximum Gasteiger partial charge on any atom is 0.295 e. The van der Waals surface area contributed by atoms with Crippen molar-refractivity contribution >= 4 is 22.5 Å². The summed E-state index contributed by atoms with van der Waals surface area (Å²) in [7, 11) is 0. The highest BCUT2D eigenvalue weighted by Gasteiger charge is 2.19.